The number of ether oxygens (including phenoxy) is 3. The Hall–Kier alpha value is -3.09. The Kier molecular flexibility index (Phi) is 8.00. The fourth-order valence-electron chi connectivity index (χ4n) is 2.90. The molecule has 0 aliphatic rings. The van der Waals surface area contributed by atoms with E-state index in [1.807, 2.05) is 44.2 Å². The number of carbonyl (C=O) groups is 2. The van der Waals surface area contributed by atoms with Crippen molar-refractivity contribution in [3.8, 4) is 17.2 Å². The van der Waals surface area contributed by atoms with Crippen molar-refractivity contribution in [3.05, 3.63) is 48.3 Å². The summed E-state index contributed by atoms with van der Waals surface area (Å²) >= 11 is 0. The predicted octanol–water partition coefficient (Wildman–Crippen LogP) is 3.79. The third-order valence-electron chi connectivity index (χ3n) is 4.38. The Bertz CT molecular complexity index is 821. The van der Waals surface area contributed by atoms with Crippen LogP contribution in [0.3, 0.4) is 0 Å². The van der Waals surface area contributed by atoms with Gasteiger partial charge in [0.25, 0.3) is 0 Å². The highest BCUT2D eigenvalue weighted by molar-refractivity contribution is 5.98. The second-order valence-electron chi connectivity index (χ2n) is 6.97. The van der Waals surface area contributed by atoms with Gasteiger partial charge >= 0.3 is 5.97 Å². The van der Waals surface area contributed by atoms with Crippen LogP contribution in [0.1, 0.15) is 44.1 Å². The first-order valence-corrected chi connectivity index (χ1v) is 9.49. The molecular weight excluding hydrogens is 374 g/mol. The highest BCUT2D eigenvalue weighted by atomic mass is 16.6. The lowest BCUT2D eigenvalue weighted by Crippen LogP contribution is -2.37. The lowest BCUT2D eigenvalue weighted by molar-refractivity contribution is -0.153. The van der Waals surface area contributed by atoms with E-state index in [1.165, 1.54) is 19.4 Å². The number of pyridine rings is 1. The summed E-state index contributed by atoms with van der Waals surface area (Å²) in [4.78, 5) is 28.4. The first-order valence-electron chi connectivity index (χ1n) is 9.49. The van der Waals surface area contributed by atoms with Crippen LogP contribution < -0.4 is 9.47 Å². The van der Waals surface area contributed by atoms with E-state index in [-0.39, 0.29) is 42.1 Å². The van der Waals surface area contributed by atoms with Gasteiger partial charge in [-0.1, -0.05) is 32.0 Å². The molecule has 7 nitrogen and oxygen atoms in total. The van der Waals surface area contributed by atoms with Crippen LogP contribution in [-0.2, 0) is 9.53 Å². The average molecular weight is 401 g/mol. The van der Waals surface area contributed by atoms with E-state index >= 15 is 0 Å². The summed E-state index contributed by atoms with van der Waals surface area (Å²) in [7, 11) is 1.38. The normalized spacial score (nSPS) is 12.9. The van der Waals surface area contributed by atoms with Gasteiger partial charge in [-0.25, -0.2) is 4.98 Å². The molecule has 0 radical (unpaired) electrons. The molecule has 2 atom stereocenters. The standard InChI is InChI=1S/C22H27NO6/c1-14(2)22(29-16-8-6-5-7-9-16)15(3)28-19(25)11-10-17(24)20-21(26)18(27-4)12-13-23-20/h5-9,12-15,22,26H,10-11H2,1-4H3/t15-,22+/m0/s1. The van der Waals surface area contributed by atoms with Gasteiger partial charge in [-0.05, 0) is 25.0 Å². The third kappa shape index (κ3) is 6.20. The Morgan fingerprint density at radius 3 is 2.38 bits per heavy atom. The summed E-state index contributed by atoms with van der Waals surface area (Å²) in [5.41, 5.74) is -0.127. The number of carbonyl (C=O) groups excluding carboxylic acids is 2. The molecule has 0 unspecified atom stereocenters. The number of para-hydroxylation sites is 1. The molecule has 1 heterocycles. The van der Waals surface area contributed by atoms with Gasteiger partial charge in [-0.3, -0.25) is 9.59 Å². The molecule has 156 valence electrons. The second-order valence-corrected chi connectivity index (χ2v) is 6.97. The zero-order chi connectivity index (χ0) is 21.4. The number of benzene rings is 1. The summed E-state index contributed by atoms with van der Waals surface area (Å²) in [6.07, 6.45) is 0.269. The molecule has 1 aromatic carbocycles. The number of hydrogen-bond acceptors (Lipinski definition) is 7. The minimum Gasteiger partial charge on any atom is -0.503 e. The van der Waals surface area contributed by atoms with Crippen LogP contribution in [0.2, 0.25) is 0 Å². The van der Waals surface area contributed by atoms with Gasteiger partial charge in [-0.2, -0.15) is 0 Å². The van der Waals surface area contributed by atoms with Crippen molar-refractivity contribution < 1.29 is 28.9 Å². The number of aromatic nitrogens is 1. The molecule has 0 fully saturated rings. The first-order chi connectivity index (χ1) is 13.8. The number of Topliss-reactive ketones (excluding diaryl/α,β-unsaturated/α-hetero) is 1. The number of aromatic hydroxyl groups is 1. The summed E-state index contributed by atoms with van der Waals surface area (Å²) in [6.45, 7) is 5.74. The van der Waals surface area contributed by atoms with Crippen molar-refractivity contribution in [3.63, 3.8) is 0 Å². The zero-order valence-electron chi connectivity index (χ0n) is 17.1. The minimum atomic E-state index is -0.518. The summed E-state index contributed by atoms with van der Waals surface area (Å²) in [5, 5.41) is 10.0. The number of hydrogen-bond donors (Lipinski definition) is 1. The number of ketones is 1. The number of esters is 1. The molecule has 1 N–H and O–H groups in total. The molecule has 0 aliphatic heterocycles. The molecule has 0 aliphatic carbocycles. The lowest BCUT2D eigenvalue weighted by Gasteiger charge is -2.28. The second kappa shape index (κ2) is 10.5. The Balaban J connectivity index is 1.92. The first kappa shape index (κ1) is 22.2. The summed E-state index contributed by atoms with van der Waals surface area (Å²) in [5.74, 6) is -0.362. The summed E-state index contributed by atoms with van der Waals surface area (Å²) < 4.78 is 16.4. The van der Waals surface area contributed by atoms with Crippen LogP contribution in [0.25, 0.3) is 0 Å². The summed E-state index contributed by atoms with van der Waals surface area (Å²) in [6, 6.07) is 10.8. The molecule has 0 saturated carbocycles. The monoisotopic (exact) mass is 401 g/mol. The maximum absolute atomic E-state index is 12.3. The van der Waals surface area contributed by atoms with E-state index < -0.39 is 17.9 Å². The van der Waals surface area contributed by atoms with Crippen LogP contribution >= 0.6 is 0 Å². The molecule has 2 rings (SSSR count). The van der Waals surface area contributed by atoms with Gasteiger partial charge in [0.05, 0.1) is 13.5 Å². The zero-order valence-corrected chi connectivity index (χ0v) is 17.1. The maximum Gasteiger partial charge on any atom is 0.306 e. The number of methoxy groups -OCH3 is 1. The maximum atomic E-state index is 12.3. The quantitative estimate of drug-likeness (QED) is 0.478. The van der Waals surface area contributed by atoms with Crippen molar-refractivity contribution in [2.45, 2.75) is 45.8 Å². The third-order valence-corrected chi connectivity index (χ3v) is 4.38. The molecule has 7 heteroatoms. The van der Waals surface area contributed by atoms with Crippen molar-refractivity contribution in [2.75, 3.05) is 7.11 Å². The van der Waals surface area contributed by atoms with Crippen LogP contribution in [-0.4, -0.2) is 41.2 Å². The molecule has 0 amide bonds. The van der Waals surface area contributed by atoms with Crippen molar-refractivity contribution in [1.29, 1.82) is 0 Å². The van der Waals surface area contributed by atoms with Gasteiger partial charge in [0.15, 0.2) is 23.0 Å². The van der Waals surface area contributed by atoms with Crippen LogP contribution in [0.5, 0.6) is 17.2 Å². The van der Waals surface area contributed by atoms with Crippen molar-refractivity contribution in [2.24, 2.45) is 5.92 Å². The van der Waals surface area contributed by atoms with Crippen LogP contribution in [0, 0.1) is 5.92 Å². The van der Waals surface area contributed by atoms with E-state index in [0.29, 0.717) is 5.75 Å². The largest absolute Gasteiger partial charge is 0.503 e. The van der Waals surface area contributed by atoms with Gasteiger partial charge in [0, 0.05) is 18.7 Å². The Morgan fingerprint density at radius 2 is 1.76 bits per heavy atom. The van der Waals surface area contributed by atoms with Crippen LogP contribution in [0.15, 0.2) is 42.6 Å². The Labute approximate surface area is 170 Å². The molecule has 0 saturated heterocycles. The number of nitrogens with zero attached hydrogens (tertiary/aromatic N) is 1. The van der Waals surface area contributed by atoms with Crippen molar-refractivity contribution >= 4 is 11.8 Å². The average Bonchev–Trinajstić information content (AvgIpc) is 2.70. The SMILES string of the molecule is COc1ccnc(C(=O)CCC(=O)O[C@@H](C)[C@H](Oc2ccccc2)C(C)C)c1O. The fraction of sp³-hybridized carbons (Fsp3) is 0.409. The smallest absolute Gasteiger partial charge is 0.306 e. The van der Waals surface area contributed by atoms with Gasteiger partial charge in [0.1, 0.15) is 18.0 Å². The molecule has 0 spiro atoms. The van der Waals surface area contributed by atoms with E-state index in [4.69, 9.17) is 14.2 Å². The molecule has 2 aromatic rings. The Morgan fingerprint density at radius 1 is 1.07 bits per heavy atom. The predicted molar refractivity (Wildman–Crippen MR) is 107 cm³/mol. The molecule has 1 aromatic heterocycles. The molecule has 0 bridgehead atoms. The van der Waals surface area contributed by atoms with Gasteiger partial charge in [-0.15, -0.1) is 0 Å². The van der Waals surface area contributed by atoms with Gasteiger partial charge < -0.3 is 19.3 Å². The topological polar surface area (TPSA) is 95.0 Å². The van der Waals surface area contributed by atoms with E-state index in [0.717, 1.165) is 0 Å². The lowest BCUT2D eigenvalue weighted by atomic mass is 10.0. The highest BCUT2D eigenvalue weighted by Crippen LogP contribution is 2.28. The van der Waals surface area contributed by atoms with Crippen LogP contribution in [0.4, 0.5) is 0 Å². The van der Waals surface area contributed by atoms with E-state index in [9.17, 15) is 14.7 Å². The minimum absolute atomic E-state index is 0.109. The molecular formula is C22H27NO6. The fourth-order valence-corrected chi connectivity index (χ4v) is 2.90. The van der Waals surface area contributed by atoms with Gasteiger partial charge in [0.2, 0.25) is 0 Å². The van der Waals surface area contributed by atoms with E-state index in [2.05, 4.69) is 4.98 Å². The van der Waals surface area contributed by atoms with E-state index in [1.54, 1.807) is 6.92 Å². The molecule has 29 heavy (non-hydrogen) atoms. The number of rotatable bonds is 10. The van der Waals surface area contributed by atoms with Crippen molar-refractivity contribution in [1.82, 2.24) is 4.98 Å². The highest BCUT2D eigenvalue weighted by Gasteiger charge is 2.27.